The molecule has 27 heavy (non-hydrogen) atoms. The molecule has 6 heteroatoms. The molecule has 4 N–H and O–H groups in total. The van der Waals surface area contributed by atoms with Crippen molar-refractivity contribution in [2.75, 3.05) is 26.2 Å². The molecule has 0 aromatic heterocycles. The van der Waals surface area contributed by atoms with E-state index in [1.54, 1.807) is 0 Å². The van der Waals surface area contributed by atoms with Gasteiger partial charge in [-0.15, -0.1) is 0 Å². The third-order valence-electron chi connectivity index (χ3n) is 7.08. The fourth-order valence-corrected chi connectivity index (χ4v) is 5.38. The van der Waals surface area contributed by atoms with Crippen molar-refractivity contribution in [3.8, 4) is 0 Å². The van der Waals surface area contributed by atoms with E-state index in [0.717, 1.165) is 77.0 Å². The van der Waals surface area contributed by atoms with Crippen molar-refractivity contribution in [3.05, 3.63) is 0 Å². The molecule has 0 spiro atoms. The van der Waals surface area contributed by atoms with Gasteiger partial charge < -0.3 is 21.3 Å². The third-order valence-corrected chi connectivity index (χ3v) is 7.08. The highest BCUT2D eigenvalue weighted by Gasteiger charge is 2.32. The summed E-state index contributed by atoms with van der Waals surface area (Å²) >= 11 is 0. The molecule has 0 aromatic carbocycles. The van der Waals surface area contributed by atoms with E-state index in [1.807, 2.05) is 0 Å². The van der Waals surface area contributed by atoms with Gasteiger partial charge in [0.15, 0.2) is 0 Å². The summed E-state index contributed by atoms with van der Waals surface area (Å²) in [4.78, 5) is 17.4. The summed E-state index contributed by atoms with van der Waals surface area (Å²) in [5.74, 6) is 3.01. The molecule has 0 aromatic rings. The summed E-state index contributed by atoms with van der Waals surface area (Å²) in [5.41, 5.74) is 0. The van der Waals surface area contributed by atoms with Gasteiger partial charge in [-0.25, -0.2) is 0 Å². The molecule has 0 unspecified atom stereocenters. The maximum Gasteiger partial charge on any atom is 0.223 e. The number of rotatable bonds is 4. The van der Waals surface area contributed by atoms with Crippen LogP contribution in [0.25, 0.3) is 0 Å². The molecule has 1 saturated heterocycles. The summed E-state index contributed by atoms with van der Waals surface area (Å²) in [6.07, 6.45) is 11.8. The SMILES string of the molecule is O=C(NC1CCC(C2NCCCN2)CC1)C1CCC(C2=NCCCN2)CC1. The standard InChI is InChI=1S/C21H37N5O/c27-21(17-5-3-15(4-6-17)19-22-11-1-12-23-19)26-18-9-7-16(8-10-18)20-24-13-2-14-25-20/h15-18,20,24-25H,1-14H2,(H,22,23)(H,26,27). The van der Waals surface area contributed by atoms with E-state index in [2.05, 4.69) is 26.3 Å². The molecule has 152 valence electrons. The maximum absolute atomic E-state index is 12.8. The van der Waals surface area contributed by atoms with Crippen molar-refractivity contribution in [3.63, 3.8) is 0 Å². The molecule has 0 atom stereocenters. The van der Waals surface area contributed by atoms with E-state index < -0.39 is 0 Å². The van der Waals surface area contributed by atoms with E-state index in [4.69, 9.17) is 0 Å². The second-order valence-electron chi connectivity index (χ2n) is 8.96. The van der Waals surface area contributed by atoms with Crippen molar-refractivity contribution >= 4 is 11.7 Å². The Bertz CT molecular complexity index is 515. The molecular weight excluding hydrogens is 338 g/mol. The number of carbonyl (C=O) groups excluding carboxylic acids is 1. The van der Waals surface area contributed by atoms with Gasteiger partial charge in [0.1, 0.15) is 0 Å². The van der Waals surface area contributed by atoms with Crippen LogP contribution in [0.15, 0.2) is 4.99 Å². The van der Waals surface area contributed by atoms with Crippen LogP contribution in [0.4, 0.5) is 0 Å². The monoisotopic (exact) mass is 375 g/mol. The van der Waals surface area contributed by atoms with E-state index >= 15 is 0 Å². The van der Waals surface area contributed by atoms with E-state index in [0.29, 0.717) is 24.0 Å². The number of nitrogens with one attached hydrogen (secondary N) is 4. The van der Waals surface area contributed by atoms with Gasteiger partial charge in [-0.05, 0) is 83.2 Å². The zero-order valence-corrected chi connectivity index (χ0v) is 16.6. The number of carbonyl (C=O) groups is 1. The van der Waals surface area contributed by atoms with E-state index in [9.17, 15) is 4.79 Å². The Morgan fingerprint density at radius 1 is 0.889 bits per heavy atom. The predicted octanol–water partition coefficient (Wildman–Crippen LogP) is 1.77. The molecule has 6 nitrogen and oxygen atoms in total. The molecule has 1 amide bonds. The summed E-state index contributed by atoms with van der Waals surface area (Å²) in [6, 6.07) is 0.388. The van der Waals surface area contributed by atoms with Crippen molar-refractivity contribution in [2.24, 2.45) is 22.7 Å². The number of nitrogens with zero attached hydrogens (tertiary/aromatic N) is 1. The lowest BCUT2D eigenvalue weighted by molar-refractivity contribution is -0.127. The Balaban J connectivity index is 1.17. The van der Waals surface area contributed by atoms with Gasteiger partial charge in [0.2, 0.25) is 5.91 Å². The molecule has 2 aliphatic heterocycles. The van der Waals surface area contributed by atoms with Crippen LogP contribution in [0.3, 0.4) is 0 Å². The minimum absolute atomic E-state index is 0.213. The second-order valence-corrected chi connectivity index (χ2v) is 8.96. The van der Waals surface area contributed by atoms with Gasteiger partial charge in [0.05, 0.1) is 12.0 Å². The van der Waals surface area contributed by atoms with Crippen LogP contribution >= 0.6 is 0 Å². The van der Waals surface area contributed by atoms with Crippen molar-refractivity contribution in [1.82, 2.24) is 21.3 Å². The smallest absolute Gasteiger partial charge is 0.223 e. The Morgan fingerprint density at radius 3 is 2.30 bits per heavy atom. The van der Waals surface area contributed by atoms with Crippen LogP contribution < -0.4 is 21.3 Å². The molecule has 4 rings (SSSR count). The van der Waals surface area contributed by atoms with Crippen LogP contribution in [-0.2, 0) is 4.79 Å². The first-order chi connectivity index (χ1) is 13.3. The average Bonchev–Trinajstić information content (AvgIpc) is 2.76. The quantitative estimate of drug-likeness (QED) is 0.604. The topological polar surface area (TPSA) is 77.6 Å². The number of hydrogen-bond acceptors (Lipinski definition) is 5. The average molecular weight is 376 g/mol. The van der Waals surface area contributed by atoms with Gasteiger partial charge in [0, 0.05) is 31.0 Å². The van der Waals surface area contributed by atoms with Crippen molar-refractivity contribution in [1.29, 1.82) is 0 Å². The molecular formula is C21H37N5O. The highest BCUT2D eigenvalue weighted by Crippen LogP contribution is 2.31. The second kappa shape index (κ2) is 9.37. The van der Waals surface area contributed by atoms with E-state index in [1.165, 1.54) is 25.1 Å². The summed E-state index contributed by atoms with van der Waals surface area (Å²) in [7, 11) is 0. The van der Waals surface area contributed by atoms with E-state index in [-0.39, 0.29) is 5.92 Å². The minimum atomic E-state index is 0.213. The zero-order chi connectivity index (χ0) is 18.5. The number of aliphatic imine (C=N–C) groups is 1. The van der Waals surface area contributed by atoms with Gasteiger partial charge in [-0.2, -0.15) is 0 Å². The number of amides is 1. The van der Waals surface area contributed by atoms with Gasteiger partial charge in [-0.3, -0.25) is 9.79 Å². The number of hydrogen-bond donors (Lipinski definition) is 4. The molecule has 0 bridgehead atoms. The lowest BCUT2D eigenvalue weighted by Gasteiger charge is -2.37. The number of amidine groups is 1. The first-order valence-corrected chi connectivity index (χ1v) is 11.3. The Labute approximate surface area is 163 Å². The van der Waals surface area contributed by atoms with Crippen LogP contribution in [0.5, 0.6) is 0 Å². The van der Waals surface area contributed by atoms with Crippen LogP contribution in [0, 0.1) is 17.8 Å². The van der Waals surface area contributed by atoms with Gasteiger partial charge in [0.25, 0.3) is 0 Å². The molecule has 3 fully saturated rings. The fraction of sp³-hybridized carbons (Fsp3) is 0.905. The first kappa shape index (κ1) is 19.2. The fourth-order valence-electron chi connectivity index (χ4n) is 5.38. The first-order valence-electron chi connectivity index (χ1n) is 11.3. The highest BCUT2D eigenvalue weighted by atomic mass is 16.1. The van der Waals surface area contributed by atoms with Crippen LogP contribution in [0.1, 0.15) is 64.2 Å². The molecule has 4 aliphatic rings. The lowest BCUT2D eigenvalue weighted by Crippen LogP contribution is -2.54. The largest absolute Gasteiger partial charge is 0.374 e. The highest BCUT2D eigenvalue weighted by molar-refractivity contribution is 5.85. The van der Waals surface area contributed by atoms with Crippen LogP contribution in [0.2, 0.25) is 0 Å². The molecule has 0 radical (unpaired) electrons. The lowest BCUT2D eigenvalue weighted by atomic mass is 9.80. The molecule has 2 saturated carbocycles. The Morgan fingerprint density at radius 2 is 1.63 bits per heavy atom. The Hall–Kier alpha value is -1.14. The normalized spacial score (nSPS) is 35.8. The van der Waals surface area contributed by atoms with Crippen LogP contribution in [-0.4, -0.2) is 50.1 Å². The predicted molar refractivity (Wildman–Crippen MR) is 109 cm³/mol. The molecule has 2 heterocycles. The summed E-state index contributed by atoms with van der Waals surface area (Å²) in [6.45, 7) is 4.31. The maximum atomic E-state index is 12.8. The van der Waals surface area contributed by atoms with Crippen molar-refractivity contribution in [2.45, 2.75) is 76.4 Å². The molecule has 2 aliphatic carbocycles. The van der Waals surface area contributed by atoms with Gasteiger partial charge >= 0.3 is 0 Å². The third kappa shape index (κ3) is 5.02. The summed E-state index contributed by atoms with van der Waals surface area (Å²) < 4.78 is 0. The zero-order valence-electron chi connectivity index (χ0n) is 16.6. The van der Waals surface area contributed by atoms with Crippen molar-refractivity contribution < 1.29 is 4.79 Å². The Kier molecular flexibility index (Phi) is 6.66. The van der Waals surface area contributed by atoms with Gasteiger partial charge in [-0.1, -0.05) is 0 Å². The summed E-state index contributed by atoms with van der Waals surface area (Å²) in [5, 5.41) is 14.1. The minimum Gasteiger partial charge on any atom is -0.374 e.